The van der Waals surface area contributed by atoms with Crippen molar-refractivity contribution in [2.45, 2.75) is 12.3 Å². The molecule has 6 nitrogen and oxygen atoms in total. The second-order valence-corrected chi connectivity index (χ2v) is 4.98. The summed E-state index contributed by atoms with van der Waals surface area (Å²) >= 11 is 0. The third-order valence-electron chi connectivity index (χ3n) is 3.57. The zero-order valence-electron chi connectivity index (χ0n) is 11.7. The van der Waals surface area contributed by atoms with Gasteiger partial charge in [-0.2, -0.15) is 0 Å². The van der Waals surface area contributed by atoms with E-state index in [0.29, 0.717) is 31.7 Å². The molecular weight excluding hydrogens is 270 g/mol. The fourth-order valence-corrected chi connectivity index (χ4v) is 2.42. The number of nitrogens with one attached hydrogen (secondary N) is 1. The minimum absolute atomic E-state index is 0.0160. The van der Waals surface area contributed by atoms with E-state index in [9.17, 15) is 4.79 Å². The molecule has 0 saturated carbocycles. The van der Waals surface area contributed by atoms with Crippen LogP contribution in [0.25, 0.3) is 0 Å². The second-order valence-electron chi connectivity index (χ2n) is 4.98. The number of nitrogens with two attached hydrogens (primary N) is 1. The van der Waals surface area contributed by atoms with Gasteiger partial charge in [0.1, 0.15) is 11.6 Å². The summed E-state index contributed by atoms with van der Waals surface area (Å²) in [6.07, 6.45) is 1.28. The minimum Gasteiger partial charge on any atom is -0.493 e. The van der Waals surface area contributed by atoms with Gasteiger partial charge in [0.15, 0.2) is 0 Å². The molecule has 0 saturated heterocycles. The van der Waals surface area contributed by atoms with E-state index in [-0.39, 0.29) is 11.8 Å². The zero-order chi connectivity index (χ0) is 15.4. The number of amidine groups is 1. The maximum atomic E-state index is 11.1. The number of amides is 1. The van der Waals surface area contributed by atoms with Crippen LogP contribution in [0.5, 0.6) is 5.75 Å². The van der Waals surface area contributed by atoms with Gasteiger partial charge in [-0.05, 0) is 24.6 Å². The highest BCUT2D eigenvalue weighted by atomic mass is 16.5. The highest BCUT2D eigenvalue weighted by Crippen LogP contribution is 2.36. The van der Waals surface area contributed by atoms with Gasteiger partial charge in [-0.3, -0.25) is 5.41 Å². The Labute approximate surface area is 123 Å². The van der Waals surface area contributed by atoms with Gasteiger partial charge in [-0.25, -0.2) is 4.79 Å². The van der Waals surface area contributed by atoms with Crippen LogP contribution in [0, 0.1) is 5.41 Å². The topological polar surface area (TPSA) is 99.6 Å². The molecule has 0 bridgehead atoms. The molecule has 0 fully saturated rings. The molecule has 2 rings (SSSR count). The van der Waals surface area contributed by atoms with Crippen LogP contribution in [0.3, 0.4) is 0 Å². The van der Waals surface area contributed by atoms with Gasteiger partial charge in [0.2, 0.25) is 0 Å². The first-order valence-electron chi connectivity index (χ1n) is 6.72. The van der Waals surface area contributed by atoms with Crippen molar-refractivity contribution in [2.24, 2.45) is 5.73 Å². The molecule has 1 aliphatic rings. The zero-order valence-corrected chi connectivity index (χ0v) is 11.7. The number of carbonyl (C=O) groups is 1. The van der Waals surface area contributed by atoms with E-state index in [2.05, 4.69) is 6.58 Å². The van der Waals surface area contributed by atoms with Gasteiger partial charge in [-0.15, -0.1) is 6.58 Å². The number of hydrogen-bond donors (Lipinski definition) is 3. The van der Waals surface area contributed by atoms with Crippen molar-refractivity contribution in [3.8, 4) is 5.75 Å². The molecule has 0 radical (unpaired) electrons. The Kier molecular flexibility index (Phi) is 4.47. The van der Waals surface area contributed by atoms with Gasteiger partial charge >= 0.3 is 6.09 Å². The summed E-state index contributed by atoms with van der Waals surface area (Å²) in [5.74, 6) is 0.920. The van der Waals surface area contributed by atoms with Gasteiger partial charge in [0.05, 0.1) is 6.61 Å². The lowest BCUT2D eigenvalue weighted by atomic mass is 9.95. The normalized spacial score (nSPS) is 15.9. The molecule has 1 aromatic rings. The summed E-state index contributed by atoms with van der Waals surface area (Å²) in [4.78, 5) is 12.4. The molecule has 21 heavy (non-hydrogen) atoms. The number of carboxylic acid groups (broad SMARTS) is 1. The van der Waals surface area contributed by atoms with Crippen molar-refractivity contribution in [1.82, 2.24) is 4.90 Å². The average Bonchev–Trinajstić information content (AvgIpc) is 2.85. The van der Waals surface area contributed by atoms with E-state index < -0.39 is 6.09 Å². The highest BCUT2D eigenvalue weighted by molar-refractivity contribution is 5.95. The number of benzene rings is 1. The molecule has 1 heterocycles. The first-order chi connectivity index (χ1) is 10.0. The van der Waals surface area contributed by atoms with Crippen molar-refractivity contribution < 1.29 is 14.6 Å². The molecule has 0 aliphatic carbocycles. The summed E-state index contributed by atoms with van der Waals surface area (Å²) in [6, 6.07) is 5.42. The predicted octanol–water partition coefficient (Wildman–Crippen LogP) is 2.00. The molecule has 4 N–H and O–H groups in total. The summed E-state index contributed by atoms with van der Waals surface area (Å²) in [5.41, 5.74) is 7.15. The van der Waals surface area contributed by atoms with Gasteiger partial charge in [0, 0.05) is 30.1 Å². The molecule has 0 spiro atoms. The summed E-state index contributed by atoms with van der Waals surface area (Å²) < 4.78 is 5.60. The summed E-state index contributed by atoms with van der Waals surface area (Å²) in [5, 5.41) is 16.6. The predicted molar refractivity (Wildman–Crippen MR) is 80.1 cm³/mol. The lowest BCUT2D eigenvalue weighted by molar-refractivity contribution is 0.148. The van der Waals surface area contributed by atoms with E-state index in [1.54, 1.807) is 12.1 Å². The first-order valence-corrected chi connectivity index (χ1v) is 6.72. The second kappa shape index (κ2) is 6.30. The van der Waals surface area contributed by atoms with Crippen molar-refractivity contribution in [3.63, 3.8) is 0 Å². The average molecular weight is 289 g/mol. The molecule has 1 aliphatic heterocycles. The first kappa shape index (κ1) is 14.9. The van der Waals surface area contributed by atoms with E-state index in [0.717, 1.165) is 11.3 Å². The number of rotatable bonds is 6. The number of nitrogen functional groups attached to an aromatic ring is 1. The molecule has 1 amide bonds. The van der Waals surface area contributed by atoms with Crippen LogP contribution in [-0.4, -0.2) is 41.6 Å². The fraction of sp³-hybridized carbons (Fsp3) is 0.333. The van der Waals surface area contributed by atoms with Crippen LogP contribution in [0.4, 0.5) is 4.79 Å². The van der Waals surface area contributed by atoms with Crippen molar-refractivity contribution in [1.29, 1.82) is 5.41 Å². The molecule has 0 aromatic heterocycles. The van der Waals surface area contributed by atoms with E-state index in [4.69, 9.17) is 21.0 Å². The third-order valence-corrected chi connectivity index (χ3v) is 3.57. The van der Waals surface area contributed by atoms with Crippen LogP contribution >= 0.6 is 0 Å². The molecule has 1 atom stereocenters. The summed E-state index contributed by atoms with van der Waals surface area (Å²) in [7, 11) is 0. The van der Waals surface area contributed by atoms with Crippen LogP contribution in [0.1, 0.15) is 23.5 Å². The minimum atomic E-state index is -0.952. The standard InChI is InChI=1S/C15H19N3O3/c1-2-6-18(15(19)20)7-5-11-9-21-13-4-3-10(14(16)17)8-12(11)13/h2-4,8,11H,1,5-7,9H2,(H3,16,17)(H,19,20). The molecule has 112 valence electrons. The fourth-order valence-electron chi connectivity index (χ4n) is 2.42. The van der Waals surface area contributed by atoms with Crippen LogP contribution < -0.4 is 10.5 Å². The van der Waals surface area contributed by atoms with E-state index in [1.165, 1.54) is 4.90 Å². The maximum Gasteiger partial charge on any atom is 0.407 e. The quantitative estimate of drug-likeness (QED) is 0.423. The van der Waals surface area contributed by atoms with Crippen LogP contribution in [0.2, 0.25) is 0 Å². The molecular formula is C15H19N3O3. The van der Waals surface area contributed by atoms with Crippen molar-refractivity contribution in [3.05, 3.63) is 42.0 Å². The largest absolute Gasteiger partial charge is 0.493 e. The van der Waals surface area contributed by atoms with E-state index in [1.807, 2.05) is 12.1 Å². The Morgan fingerprint density at radius 1 is 1.62 bits per heavy atom. The maximum absolute atomic E-state index is 11.1. The molecule has 1 aromatic carbocycles. The Hall–Kier alpha value is -2.50. The molecule has 1 unspecified atom stereocenters. The van der Waals surface area contributed by atoms with Gasteiger partial charge < -0.3 is 20.5 Å². The van der Waals surface area contributed by atoms with Gasteiger partial charge in [-0.1, -0.05) is 6.08 Å². The lowest BCUT2D eigenvalue weighted by Crippen LogP contribution is -2.31. The Balaban J connectivity index is 2.08. The van der Waals surface area contributed by atoms with Crippen molar-refractivity contribution >= 4 is 11.9 Å². The van der Waals surface area contributed by atoms with Gasteiger partial charge in [0.25, 0.3) is 0 Å². The smallest absolute Gasteiger partial charge is 0.407 e. The Morgan fingerprint density at radius 3 is 3.00 bits per heavy atom. The third kappa shape index (κ3) is 3.34. The number of ether oxygens (including phenoxy) is 1. The monoisotopic (exact) mass is 289 g/mol. The Morgan fingerprint density at radius 2 is 2.38 bits per heavy atom. The number of hydrogen-bond acceptors (Lipinski definition) is 3. The van der Waals surface area contributed by atoms with Crippen LogP contribution in [0.15, 0.2) is 30.9 Å². The lowest BCUT2D eigenvalue weighted by Gasteiger charge is -2.19. The SMILES string of the molecule is C=CCN(CCC1COc2ccc(C(=N)N)cc21)C(=O)O. The van der Waals surface area contributed by atoms with Crippen molar-refractivity contribution in [2.75, 3.05) is 19.7 Å². The van der Waals surface area contributed by atoms with Crippen LogP contribution in [-0.2, 0) is 0 Å². The van der Waals surface area contributed by atoms with E-state index >= 15 is 0 Å². The molecule has 6 heteroatoms. The summed E-state index contributed by atoms with van der Waals surface area (Å²) in [6.45, 7) is 4.81. The number of nitrogens with zero attached hydrogens (tertiary/aromatic N) is 1. The highest BCUT2D eigenvalue weighted by Gasteiger charge is 2.25. The number of fused-ring (bicyclic) bond motifs is 1. The Bertz CT molecular complexity index is 571.